The molecule has 0 heterocycles. The highest BCUT2D eigenvalue weighted by atomic mass is 79.9. The number of methoxy groups -OCH3 is 1. The van der Waals surface area contributed by atoms with Gasteiger partial charge in [0.05, 0.1) is 24.3 Å². The second kappa shape index (κ2) is 11.3. The number of ether oxygens (including phenoxy) is 1. The first kappa shape index (κ1) is 25.4. The molecule has 0 spiro atoms. The third-order valence-electron chi connectivity index (χ3n) is 4.90. The van der Waals surface area contributed by atoms with Crippen molar-refractivity contribution < 1.29 is 23.1 Å². The predicted octanol–water partition coefficient (Wildman–Crippen LogP) is 4.03. The van der Waals surface area contributed by atoms with Gasteiger partial charge in [-0.3, -0.25) is 4.79 Å². The Bertz CT molecular complexity index is 1280. The molecule has 1 amide bonds. The Morgan fingerprint density at radius 2 is 1.82 bits per heavy atom. The Morgan fingerprint density at radius 1 is 1.15 bits per heavy atom. The van der Waals surface area contributed by atoms with Gasteiger partial charge in [-0.1, -0.05) is 64.0 Å². The number of halogens is 1. The molecule has 0 unspecified atom stereocenters. The second-order valence-electron chi connectivity index (χ2n) is 7.44. The largest absolute Gasteiger partial charge is 0.504 e. The third-order valence-corrected chi connectivity index (χ3v) is 6.85. The van der Waals surface area contributed by atoms with Gasteiger partial charge >= 0.3 is 0 Å². The van der Waals surface area contributed by atoms with E-state index >= 15 is 0 Å². The Labute approximate surface area is 206 Å². The number of hydrogen-bond donors (Lipinski definition) is 3. The maximum atomic E-state index is 12.9. The summed E-state index contributed by atoms with van der Waals surface area (Å²) in [6.07, 6.45) is 1.08. The van der Waals surface area contributed by atoms with E-state index in [2.05, 4.69) is 31.2 Å². The quantitative estimate of drug-likeness (QED) is 0.277. The van der Waals surface area contributed by atoms with E-state index in [1.54, 1.807) is 54.6 Å². The molecule has 0 radical (unpaired) electrons. The number of aryl methyl sites for hydroxylation is 1. The van der Waals surface area contributed by atoms with Crippen LogP contribution < -0.4 is 14.9 Å². The van der Waals surface area contributed by atoms with E-state index in [1.807, 2.05) is 6.92 Å². The molecular weight excluding hydrogens is 522 g/mol. The molecule has 3 aromatic rings. The monoisotopic (exact) mass is 545 g/mol. The van der Waals surface area contributed by atoms with Gasteiger partial charge in [0.1, 0.15) is 0 Å². The number of aromatic hydroxyl groups is 1. The molecular formula is C24H24BrN3O5S. The van der Waals surface area contributed by atoms with Crippen LogP contribution in [-0.4, -0.2) is 32.8 Å². The van der Waals surface area contributed by atoms with Crippen LogP contribution in [0.4, 0.5) is 0 Å². The normalized spacial score (nSPS) is 12.4. The van der Waals surface area contributed by atoms with Crippen LogP contribution in [0.3, 0.4) is 0 Å². The number of phenols is 1. The first-order valence-electron chi connectivity index (χ1n) is 10.2. The summed E-state index contributed by atoms with van der Waals surface area (Å²) in [5, 5.41) is 14.1. The number of sulfonamides is 1. The lowest BCUT2D eigenvalue weighted by Gasteiger charge is -2.18. The van der Waals surface area contributed by atoms with Gasteiger partial charge in [-0.05, 0) is 36.8 Å². The Kier molecular flexibility index (Phi) is 8.43. The number of nitrogens with one attached hydrogen (secondary N) is 2. The van der Waals surface area contributed by atoms with Gasteiger partial charge in [0.15, 0.2) is 11.5 Å². The van der Waals surface area contributed by atoms with Crippen LogP contribution in [0.1, 0.15) is 29.2 Å². The minimum Gasteiger partial charge on any atom is -0.504 e. The maximum absolute atomic E-state index is 12.9. The van der Waals surface area contributed by atoms with Crippen molar-refractivity contribution in [3.05, 3.63) is 87.9 Å². The summed E-state index contributed by atoms with van der Waals surface area (Å²) in [5.74, 6) is -0.397. The number of hydrazone groups is 1. The lowest BCUT2D eigenvalue weighted by atomic mass is 10.0. The summed E-state index contributed by atoms with van der Waals surface area (Å²) in [6.45, 7) is 1.87. The highest BCUT2D eigenvalue weighted by molar-refractivity contribution is 9.10. The standard InChI is InChI=1S/C24H24BrN3O5S/c1-16-8-10-20(11-9-16)34(31,32)28-21(17-6-4-3-5-7-17)14-23(29)27-26-15-18-12-19(25)13-22(33-2)24(18)30/h3-13,15,21,28,30H,14H2,1-2H3,(H,27,29)/b26-15-/t21-/m0/s1. The molecule has 0 saturated heterocycles. The van der Waals surface area contributed by atoms with Crippen LogP contribution in [0, 0.1) is 6.92 Å². The zero-order valence-electron chi connectivity index (χ0n) is 18.5. The van der Waals surface area contributed by atoms with Crippen molar-refractivity contribution in [3.8, 4) is 11.5 Å². The minimum atomic E-state index is -3.87. The molecule has 1 atom stereocenters. The van der Waals surface area contributed by atoms with Gasteiger partial charge in [-0.15, -0.1) is 0 Å². The van der Waals surface area contributed by atoms with E-state index in [9.17, 15) is 18.3 Å². The third kappa shape index (κ3) is 6.66. The molecule has 8 nitrogen and oxygen atoms in total. The van der Waals surface area contributed by atoms with E-state index in [4.69, 9.17) is 4.74 Å². The lowest BCUT2D eigenvalue weighted by molar-refractivity contribution is -0.121. The van der Waals surface area contributed by atoms with Gasteiger partial charge in [0.25, 0.3) is 0 Å². The van der Waals surface area contributed by atoms with Crippen molar-refractivity contribution in [3.63, 3.8) is 0 Å². The summed E-state index contributed by atoms with van der Waals surface area (Å²) >= 11 is 3.31. The molecule has 3 aromatic carbocycles. The summed E-state index contributed by atoms with van der Waals surface area (Å²) in [5.41, 5.74) is 4.27. The summed E-state index contributed by atoms with van der Waals surface area (Å²) in [4.78, 5) is 12.7. The number of rotatable bonds is 9. The van der Waals surface area contributed by atoms with E-state index in [0.717, 1.165) is 5.56 Å². The van der Waals surface area contributed by atoms with E-state index < -0.39 is 22.0 Å². The zero-order valence-corrected chi connectivity index (χ0v) is 20.9. The molecule has 0 aliphatic heterocycles. The van der Waals surface area contributed by atoms with Crippen molar-refractivity contribution in [2.24, 2.45) is 5.10 Å². The molecule has 10 heteroatoms. The van der Waals surface area contributed by atoms with Crippen LogP contribution in [0.5, 0.6) is 11.5 Å². The van der Waals surface area contributed by atoms with Gasteiger partial charge < -0.3 is 9.84 Å². The van der Waals surface area contributed by atoms with Gasteiger partial charge in [-0.25, -0.2) is 18.6 Å². The number of carbonyl (C=O) groups excluding carboxylic acids is 1. The first-order valence-corrected chi connectivity index (χ1v) is 12.5. The second-order valence-corrected chi connectivity index (χ2v) is 10.1. The zero-order chi connectivity index (χ0) is 24.7. The lowest BCUT2D eigenvalue weighted by Crippen LogP contribution is -2.32. The fraction of sp³-hybridized carbons (Fsp3) is 0.167. The van der Waals surface area contributed by atoms with Crippen molar-refractivity contribution >= 4 is 38.1 Å². The molecule has 0 saturated carbocycles. The fourth-order valence-electron chi connectivity index (χ4n) is 3.14. The molecule has 0 bridgehead atoms. The van der Waals surface area contributed by atoms with Crippen LogP contribution >= 0.6 is 15.9 Å². The van der Waals surface area contributed by atoms with Gasteiger partial charge in [0, 0.05) is 16.5 Å². The topological polar surface area (TPSA) is 117 Å². The number of nitrogens with zero attached hydrogens (tertiary/aromatic N) is 1. The molecule has 3 N–H and O–H groups in total. The predicted molar refractivity (Wildman–Crippen MR) is 133 cm³/mol. The number of phenolic OH excluding ortho intramolecular Hbond substituents is 1. The highest BCUT2D eigenvalue weighted by Crippen LogP contribution is 2.32. The van der Waals surface area contributed by atoms with Crippen LogP contribution in [0.25, 0.3) is 0 Å². The summed E-state index contributed by atoms with van der Waals surface area (Å²) < 4.78 is 34.2. The minimum absolute atomic E-state index is 0.108. The number of benzene rings is 3. The van der Waals surface area contributed by atoms with E-state index in [1.165, 1.54) is 25.5 Å². The fourth-order valence-corrected chi connectivity index (χ4v) is 4.82. The first-order chi connectivity index (χ1) is 16.2. The average Bonchev–Trinajstić information content (AvgIpc) is 2.81. The van der Waals surface area contributed by atoms with Crippen molar-refractivity contribution in [2.45, 2.75) is 24.3 Å². The van der Waals surface area contributed by atoms with Gasteiger partial charge in [-0.2, -0.15) is 5.10 Å². The van der Waals surface area contributed by atoms with Crippen LogP contribution in [0.15, 0.2) is 81.2 Å². The molecule has 0 aromatic heterocycles. The van der Waals surface area contributed by atoms with Crippen LogP contribution in [0.2, 0.25) is 0 Å². The van der Waals surface area contributed by atoms with Crippen molar-refractivity contribution in [2.75, 3.05) is 7.11 Å². The smallest absolute Gasteiger partial charge is 0.242 e. The Hall–Kier alpha value is -3.21. The maximum Gasteiger partial charge on any atom is 0.242 e. The molecule has 3 rings (SSSR count). The summed E-state index contributed by atoms with van der Waals surface area (Å²) in [7, 11) is -2.45. The average molecular weight is 546 g/mol. The Morgan fingerprint density at radius 3 is 2.47 bits per heavy atom. The molecule has 0 fully saturated rings. The molecule has 178 valence electrons. The van der Waals surface area contributed by atoms with E-state index in [-0.39, 0.29) is 22.8 Å². The highest BCUT2D eigenvalue weighted by Gasteiger charge is 2.23. The van der Waals surface area contributed by atoms with Crippen molar-refractivity contribution in [1.29, 1.82) is 0 Å². The van der Waals surface area contributed by atoms with Gasteiger partial charge in [0.2, 0.25) is 15.9 Å². The van der Waals surface area contributed by atoms with E-state index in [0.29, 0.717) is 15.6 Å². The number of hydrogen-bond acceptors (Lipinski definition) is 6. The number of amides is 1. The Balaban J connectivity index is 1.76. The van der Waals surface area contributed by atoms with Crippen LogP contribution in [-0.2, 0) is 14.8 Å². The van der Waals surface area contributed by atoms with Crippen molar-refractivity contribution in [1.82, 2.24) is 10.1 Å². The SMILES string of the molecule is COc1cc(Br)cc(/C=N\NC(=O)C[C@H](NS(=O)(=O)c2ccc(C)cc2)c2ccccc2)c1O. The summed E-state index contributed by atoms with van der Waals surface area (Å²) in [6, 6.07) is 17.6. The number of carbonyl (C=O) groups is 1. The molecule has 34 heavy (non-hydrogen) atoms. The molecule has 0 aliphatic carbocycles. The molecule has 0 aliphatic rings.